The molecule has 1 amide bonds. The minimum absolute atomic E-state index is 0.0631. The van der Waals surface area contributed by atoms with Gasteiger partial charge in [0, 0.05) is 19.5 Å². The monoisotopic (exact) mass is 369 g/mol. The van der Waals surface area contributed by atoms with Gasteiger partial charge in [0.25, 0.3) is 0 Å². The third-order valence-corrected chi connectivity index (χ3v) is 6.69. The molecule has 1 aromatic heterocycles. The fourth-order valence-electron chi connectivity index (χ4n) is 2.35. The van der Waals surface area contributed by atoms with Crippen molar-refractivity contribution in [2.45, 2.75) is 44.9 Å². The van der Waals surface area contributed by atoms with Crippen molar-refractivity contribution in [3.05, 3.63) is 18.2 Å². The number of benzene rings is 1. The highest BCUT2D eigenvalue weighted by molar-refractivity contribution is 7.89. The molecule has 0 aliphatic carbocycles. The minimum Gasteiger partial charge on any atom is -0.302 e. The second kappa shape index (κ2) is 8.04. The molecule has 0 atom stereocenters. The van der Waals surface area contributed by atoms with Crippen LogP contribution in [0.5, 0.6) is 0 Å². The number of hydrogen-bond donors (Lipinski definition) is 1. The normalized spacial score (nSPS) is 12.0. The van der Waals surface area contributed by atoms with Crippen molar-refractivity contribution in [3.8, 4) is 0 Å². The van der Waals surface area contributed by atoms with Crippen molar-refractivity contribution in [2.75, 3.05) is 18.4 Å². The zero-order valence-corrected chi connectivity index (χ0v) is 15.8. The van der Waals surface area contributed by atoms with E-state index in [1.807, 2.05) is 20.8 Å². The summed E-state index contributed by atoms with van der Waals surface area (Å²) in [5.74, 6) is -0.0631. The van der Waals surface area contributed by atoms with Crippen LogP contribution in [0.3, 0.4) is 0 Å². The van der Waals surface area contributed by atoms with Gasteiger partial charge in [-0.1, -0.05) is 38.5 Å². The Bertz CT molecular complexity index is 811. The van der Waals surface area contributed by atoms with E-state index in [-0.39, 0.29) is 10.8 Å². The second-order valence-corrected chi connectivity index (χ2v) is 8.36. The molecule has 132 valence electrons. The number of sulfonamides is 1. The second-order valence-electron chi connectivity index (χ2n) is 5.39. The molecule has 0 aliphatic heterocycles. The molecule has 1 heterocycles. The molecule has 0 fully saturated rings. The summed E-state index contributed by atoms with van der Waals surface area (Å²) in [5.41, 5.74) is 0.685. The predicted molar refractivity (Wildman–Crippen MR) is 97.9 cm³/mol. The fraction of sp³-hybridized carbons (Fsp3) is 0.500. The average Bonchev–Trinajstić information content (AvgIpc) is 2.94. The van der Waals surface area contributed by atoms with Crippen LogP contribution in [0.2, 0.25) is 0 Å². The smallest absolute Gasteiger partial charge is 0.243 e. The number of nitrogens with zero attached hydrogens (tertiary/aromatic N) is 2. The number of amides is 1. The van der Waals surface area contributed by atoms with Crippen molar-refractivity contribution in [3.63, 3.8) is 0 Å². The van der Waals surface area contributed by atoms with Crippen molar-refractivity contribution < 1.29 is 13.2 Å². The molecule has 2 rings (SSSR count). The Labute approximate surface area is 146 Å². The van der Waals surface area contributed by atoms with E-state index in [0.29, 0.717) is 30.2 Å². The summed E-state index contributed by atoms with van der Waals surface area (Å²) in [5, 5.41) is 3.28. The lowest BCUT2D eigenvalue weighted by Crippen LogP contribution is -2.30. The molecule has 8 heteroatoms. The third-order valence-electron chi connectivity index (χ3n) is 3.71. The number of rotatable bonds is 8. The maximum Gasteiger partial charge on any atom is 0.243 e. The van der Waals surface area contributed by atoms with E-state index < -0.39 is 10.0 Å². The Balaban J connectivity index is 2.27. The van der Waals surface area contributed by atoms with Crippen LogP contribution in [0.1, 0.15) is 40.0 Å². The molecular weight excluding hydrogens is 346 g/mol. The van der Waals surface area contributed by atoms with Gasteiger partial charge in [0.2, 0.25) is 15.9 Å². The van der Waals surface area contributed by atoms with Crippen molar-refractivity contribution in [2.24, 2.45) is 0 Å². The van der Waals surface area contributed by atoms with Crippen LogP contribution in [0, 0.1) is 0 Å². The molecule has 0 bridgehead atoms. The van der Waals surface area contributed by atoms with E-state index in [9.17, 15) is 13.2 Å². The van der Waals surface area contributed by atoms with Gasteiger partial charge in [0.1, 0.15) is 0 Å². The molecular formula is C16H23N3O3S2. The Morgan fingerprint density at radius 3 is 2.58 bits per heavy atom. The van der Waals surface area contributed by atoms with Crippen LogP contribution in [0.25, 0.3) is 10.2 Å². The summed E-state index contributed by atoms with van der Waals surface area (Å²) >= 11 is 1.29. The minimum atomic E-state index is -3.49. The molecule has 1 N–H and O–H groups in total. The number of anilines is 1. The summed E-state index contributed by atoms with van der Waals surface area (Å²) in [6.45, 7) is 6.52. The van der Waals surface area contributed by atoms with Crippen LogP contribution in [0.15, 0.2) is 23.1 Å². The molecule has 1 aromatic carbocycles. The summed E-state index contributed by atoms with van der Waals surface area (Å²) in [6.07, 6.45) is 2.26. The summed E-state index contributed by atoms with van der Waals surface area (Å²) in [6, 6.07) is 4.88. The van der Waals surface area contributed by atoms with E-state index in [1.54, 1.807) is 18.2 Å². The van der Waals surface area contributed by atoms with Crippen LogP contribution in [-0.4, -0.2) is 36.7 Å². The third kappa shape index (κ3) is 4.12. The van der Waals surface area contributed by atoms with Crippen molar-refractivity contribution >= 4 is 42.6 Å². The number of fused-ring (bicyclic) bond motifs is 1. The van der Waals surface area contributed by atoms with Crippen LogP contribution in [0.4, 0.5) is 5.13 Å². The number of carbonyl (C=O) groups excluding carboxylic acids is 1. The van der Waals surface area contributed by atoms with Gasteiger partial charge in [0.15, 0.2) is 5.13 Å². The molecule has 0 saturated heterocycles. The number of unbranched alkanes of at least 4 members (excludes halogenated alkanes) is 1. The van der Waals surface area contributed by atoms with Crippen LogP contribution in [-0.2, 0) is 14.8 Å². The van der Waals surface area contributed by atoms with Gasteiger partial charge in [-0.05, 0) is 24.6 Å². The van der Waals surface area contributed by atoms with Gasteiger partial charge in [-0.2, -0.15) is 4.31 Å². The van der Waals surface area contributed by atoms with Gasteiger partial charge in [0.05, 0.1) is 15.1 Å². The van der Waals surface area contributed by atoms with Crippen molar-refractivity contribution in [1.29, 1.82) is 0 Å². The zero-order chi connectivity index (χ0) is 17.7. The quantitative estimate of drug-likeness (QED) is 0.773. The maximum absolute atomic E-state index is 12.6. The van der Waals surface area contributed by atoms with E-state index in [1.165, 1.54) is 15.6 Å². The van der Waals surface area contributed by atoms with Crippen molar-refractivity contribution in [1.82, 2.24) is 9.29 Å². The summed E-state index contributed by atoms with van der Waals surface area (Å²) < 4.78 is 27.3. The zero-order valence-electron chi connectivity index (χ0n) is 14.2. The van der Waals surface area contributed by atoms with Crippen LogP contribution >= 0.6 is 11.3 Å². The molecule has 0 unspecified atom stereocenters. The lowest BCUT2D eigenvalue weighted by Gasteiger charge is -2.18. The molecule has 24 heavy (non-hydrogen) atoms. The number of carbonyl (C=O) groups is 1. The molecule has 0 spiro atoms. The first-order valence-electron chi connectivity index (χ1n) is 8.12. The standard InChI is InChI=1S/C16H23N3O3S2/c1-4-7-8-15(20)18-16-17-13-10-9-12(11-14(13)23-16)24(21,22)19(5-2)6-3/h9-11H,4-8H2,1-3H3,(H,17,18,20). The van der Waals surface area contributed by atoms with Gasteiger partial charge >= 0.3 is 0 Å². The molecule has 0 saturated carbocycles. The van der Waals surface area contributed by atoms with E-state index in [2.05, 4.69) is 10.3 Å². The number of aromatic nitrogens is 1. The lowest BCUT2D eigenvalue weighted by atomic mass is 10.2. The Morgan fingerprint density at radius 2 is 1.96 bits per heavy atom. The van der Waals surface area contributed by atoms with Gasteiger partial charge in [-0.3, -0.25) is 4.79 Å². The highest BCUT2D eigenvalue weighted by Gasteiger charge is 2.22. The lowest BCUT2D eigenvalue weighted by molar-refractivity contribution is -0.116. The molecule has 6 nitrogen and oxygen atoms in total. The maximum atomic E-state index is 12.6. The first kappa shape index (κ1) is 18.8. The molecule has 0 aliphatic rings. The molecule has 2 aromatic rings. The Kier molecular flexibility index (Phi) is 6.31. The van der Waals surface area contributed by atoms with E-state index in [4.69, 9.17) is 0 Å². The largest absolute Gasteiger partial charge is 0.302 e. The van der Waals surface area contributed by atoms with E-state index in [0.717, 1.165) is 17.5 Å². The van der Waals surface area contributed by atoms with Gasteiger partial charge in [-0.25, -0.2) is 13.4 Å². The highest BCUT2D eigenvalue weighted by Crippen LogP contribution is 2.29. The summed E-state index contributed by atoms with van der Waals surface area (Å²) in [4.78, 5) is 16.4. The summed E-state index contributed by atoms with van der Waals surface area (Å²) in [7, 11) is -3.49. The fourth-order valence-corrected chi connectivity index (χ4v) is 4.83. The molecule has 0 radical (unpaired) electrons. The highest BCUT2D eigenvalue weighted by atomic mass is 32.2. The topological polar surface area (TPSA) is 79.4 Å². The first-order chi connectivity index (χ1) is 11.4. The van der Waals surface area contributed by atoms with Crippen LogP contribution < -0.4 is 5.32 Å². The van der Waals surface area contributed by atoms with Gasteiger partial charge in [-0.15, -0.1) is 0 Å². The predicted octanol–water partition coefficient (Wildman–Crippen LogP) is 3.46. The number of thiazole rings is 1. The Morgan fingerprint density at radius 1 is 1.25 bits per heavy atom. The SMILES string of the molecule is CCCCC(=O)Nc1nc2ccc(S(=O)(=O)N(CC)CC)cc2s1. The average molecular weight is 370 g/mol. The van der Waals surface area contributed by atoms with Gasteiger partial charge < -0.3 is 5.32 Å². The van der Waals surface area contributed by atoms with E-state index >= 15 is 0 Å². The Hall–Kier alpha value is -1.51. The first-order valence-corrected chi connectivity index (χ1v) is 10.4. The number of nitrogens with one attached hydrogen (secondary N) is 1. The number of hydrogen-bond acceptors (Lipinski definition) is 5.